The van der Waals surface area contributed by atoms with Crippen LogP contribution in [-0.4, -0.2) is 17.0 Å². The SMILES string of the molecule is Cc1ccccc1O[C@H](C)C(=O)Nc1ccc(Cl)cn1. The largest absolute Gasteiger partial charge is 0.481 e. The zero-order valence-corrected chi connectivity index (χ0v) is 12.0. The van der Waals surface area contributed by atoms with Gasteiger partial charge in [-0.3, -0.25) is 4.79 Å². The highest BCUT2D eigenvalue weighted by molar-refractivity contribution is 6.30. The van der Waals surface area contributed by atoms with Crippen molar-refractivity contribution in [2.45, 2.75) is 20.0 Å². The zero-order chi connectivity index (χ0) is 14.5. The van der Waals surface area contributed by atoms with Gasteiger partial charge in [0.2, 0.25) is 0 Å². The van der Waals surface area contributed by atoms with E-state index in [1.807, 2.05) is 31.2 Å². The molecule has 0 aliphatic carbocycles. The summed E-state index contributed by atoms with van der Waals surface area (Å²) in [5.74, 6) is 0.877. The summed E-state index contributed by atoms with van der Waals surface area (Å²) in [5, 5.41) is 3.20. The lowest BCUT2D eigenvalue weighted by Crippen LogP contribution is -2.30. The van der Waals surface area contributed by atoms with E-state index >= 15 is 0 Å². The number of benzene rings is 1. The Balaban J connectivity index is 1.99. The molecule has 0 unspecified atom stereocenters. The Morgan fingerprint density at radius 2 is 2.05 bits per heavy atom. The van der Waals surface area contributed by atoms with E-state index < -0.39 is 6.10 Å². The summed E-state index contributed by atoms with van der Waals surface area (Å²) in [5.41, 5.74) is 0.983. The average molecular weight is 291 g/mol. The number of nitrogens with one attached hydrogen (secondary N) is 1. The van der Waals surface area contributed by atoms with E-state index in [1.54, 1.807) is 19.1 Å². The van der Waals surface area contributed by atoms with E-state index in [4.69, 9.17) is 16.3 Å². The van der Waals surface area contributed by atoms with Gasteiger partial charge in [-0.25, -0.2) is 4.98 Å². The lowest BCUT2D eigenvalue weighted by molar-refractivity contribution is -0.122. The van der Waals surface area contributed by atoms with E-state index in [0.29, 0.717) is 16.6 Å². The topological polar surface area (TPSA) is 51.2 Å². The maximum absolute atomic E-state index is 12.0. The van der Waals surface area contributed by atoms with Crippen LogP contribution in [0.2, 0.25) is 5.02 Å². The molecular weight excluding hydrogens is 276 g/mol. The fraction of sp³-hybridized carbons (Fsp3) is 0.200. The van der Waals surface area contributed by atoms with Crippen molar-refractivity contribution in [3.8, 4) is 5.75 Å². The second-order valence-electron chi connectivity index (χ2n) is 4.38. The number of aryl methyl sites for hydroxylation is 1. The molecule has 1 N–H and O–H groups in total. The van der Waals surface area contributed by atoms with Crippen LogP contribution in [0.3, 0.4) is 0 Å². The third-order valence-corrected chi connectivity index (χ3v) is 2.97. The molecule has 1 aromatic carbocycles. The summed E-state index contributed by atoms with van der Waals surface area (Å²) in [6, 6.07) is 10.9. The van der Waals surface area contributed by atoms with Crippen LogP contribution in [0.1, 0.15) is 12.5 Å². The van der Waals surface area contributed by atoms with Crippen molar-refractivity contribution in [2.24, 2.45) is 0 Å². The summed E-state index contributed by atoms with van der Waals surface area (Å²) in [4.78, 5) is 16.0. The smallest absolute Gasteiger partial charge is 0.266 e. The Kier molecular flexibility index (Phi) is 4.58. The number of carbonyl (C=O) groups is 1. The second-order valence-corrected chi connectivity index (χ2v) is 4.81. The van der Waals surface area contributed by atoms with Gasteiger partial charge in [-0.1, -0.05) is 29.8 Å². The molecule has 1 heterocycles. The Morgan fingerprint density at radius 3 is 2.70 bits per heavy atom. The number of halogens is 1. The van der Waals surface area contributed by atoms with Crippen molar-refractivity contribution in [3.63, 3.8) is 0 Å². The molecule has 4 nitrogen and oxygen atoms in total. The standard InChI is InChI=1S/C15H15ClN2O2/c1-10-5-3-4-6-13(10)20-11(2)15(19)18-14-8-7-12(16)9-17-14/h3-9,11H,1-2H3,(H,17,18,19)/t11-/m1/s1. The molecule has 104 valence electrons. The van der Waals surface area contributed by atoms with Gasteiger partial charge in [0.1, 0.15) is 11.6 Å². The predicted octanol–water partition coefficient (Wildman–Crippen LogP) is 3.45. The Morgan fingerprint density at radius 1 is 1.30 bits per heavy atom. The molecule has 1 aromatic heterocycles. The maximum atomic E-state index is 12.0. The maximum Gasteiger partial charge on any atom is 0.266 e. The Labute approximate surface area is 122 Å². The van der Waals surface area contributed by atoms with E-state index in [2.05, 4.69) is 10.3 Å². The van der Waals surface area contributed by atoms with Crippen LogP contribution in [0.25, 0.3) is 0 Å². The summed E-state index contributed by atoms with van der Waals surface area (Å²) in [6.07, 6.45) is 0.859. The average Bonchev–Trinajstić information content (AvgIpc) is 2.44. The van der Waals surface area contributed by atoms with Crippen molar-refractivity contribution < 1.29 is 9.53 Å². The van der Waals surface area contributed by atoms with Crippen LogP contribution < -0.4 is 10.1 Å². The normalized spacial score (nSPS) is 11.8. The number of hydrogen-bond donors (Lipinski definition) is 1. The molecule has 0 fully saturated rings. The number of para-hydroxylation sites is 1. The van der Waals surface area contributed by atoms with E-state index in [0.717, 1.165) is 5.56 Å². The molecule has 5 heteroatoms. The third kappa shape index (κ3) is 3.71. The van der Waals surface area contributed by atoms with E-state index in [-0.39, 0.29) is 5.91 Å². The molecule has 1 atom stereocenters. The number of carbonyl (C=O) groups excluding carboxylic acids is 1. The van der Waals surface area contributed by atoms with Crippen molar-refractivity contribution in [1.29, 1.82) is 0 Å². The number of rotatable bonds is 4. The van der Waals surface area contributed by atoms with Crippen LogP contribution in [0.5, 0.6) is 5.75 Å². The van der Waals surface area contributed by atoms with Crippen LogP contribution >= 0.6 is 11.6 Å². The minimum absolute atomic E-state index is 0.261. The molecule has 0 saturated heterocycles. The Hall–Kier alpha value is -2.07. The first-order valence-corrected chi connectivity index (χ1v) is 6.59. The number of hydrogen-bond acceptors (Lipinski definition) is 3. The first-order valence-electron chi connectivity index (χ1n) is 6.21. The predicted molar refractivity (Wildman–Crippen MR) is 79.1 cm³/mol. The molecule has 2 rings (SSSR count). The van der Waals surface area contributed by atoms with Gasteiger partial charge in [0.05, 0.1) is 5.02 Å². The third-order valence-electron chi connectivity index (χ3n) is 2.75. The molecular formula is C15H15ClN2O2. The summed E-state index contributed by atoms with van der Waals surface area (Å²) in [6.45, 7) is 3.62. The molecule has 0 aliphatic rings. The van der Waals surface area contributed by atoms with Gasteiger partial charge in [-0.15, -0.1) is 0 Å². The monoisotopic (exact) mass is 290 g/mol. The van der Waals surface area contributed by atoms with Crippen LogP contribution in [0.15, 0.2) is 42.6 Å². The summed E-state index contributed by atoms with van der Waals surface area (Å²) in [7, 11) is 0. The highest BCUT2D eigenvalue weighted by atomic mass is 35.5. The molecule has 2 aromatic rings. The number of ether oxygens (including phenoxy) is 1. The number of amides is 1. The van der Waals surface area contributed by atoms with Gasteiger partial charge in [-0.05, 0) is 37.6 Å². The fourth-order valence-electron chi connectivity index (χ4n) is 1.61. The number of pyridine rings is 1. The Bertz CT molecular complexity index is 599. The minimum Gasteiger partial charge on any atom is -0.481 e. The quantitative estimate of drug-likeness (QED) is 0.938. The van der Waals surface area contributed by atoms with Gasteiger partial charge in [0.15, 0.2) is 6.10 Å². The van der Waals surface area contributed by atoms with Gasteiger partial charge in [-0.2, -0.15) is 0 Å². The first-order chi connectivity index (χ1) is 9.56. The van der Waals surface area contributed by atoms with Gasteiger partial charge in [0, 0.05) is 6.20 Å². The van der Waals surface area contributed by atoms with Crippen molar-refractivity contribution in [2.75, 3.05) is 5.32 Å². The van der Waals surface area contributed by atoms with E-state index in [9.17, 15) is 4.79 Å². The van der Waals surface area contributed by atoms with Crippen molar-refractivity contribution >= 4 is 23.3 Å². The molecule has 0 spiro atoms. The highest BCUT2D eigenvalue weighted by Gasteiger charge is 2.16. The molecule has 0 radical (unpaired) electrons. The number of aromatic nitrogens is 1. The first kappa shape index (κ1) is 14.3. The molecule has 0 saturated carbocycles. The fourth-order valence-corrected chi connectivity index (χ4v) is 1.72. The molecule has 1 amide bonds. The second kappa shape index (κ2) is 6.39. The highest BCUT2D eigenvalue weighted by Crippen LogP contribution is 2.18. The lowest BCUT2D eigenvalue weighted by atomic mass is 10.2. The number of nitrogens with zero attached hydrogens (tertiary/aromatic N) is 1. The lowest BCUT2D eigenvalue weighted by Gasteiger charge is -2.15. The molecule has 0 aliphatic heterocycles. The minimum atomic E-state index is -0.617. The number of anilines is 1. The van der Waals surface area contributed by atoms with Crippen molar-refractivity contribution in [3.05, 3.63) is 53.2 Å². The molecule has 20 heavy (non-hydrogen) atoms. The summed E-state index contributed by atoms with van der Waals surface area (Å²) < 4.78 is 5.64. The van der Waals surface area contributed by atoms with Crippen LogP contribution in [0.4, 0.5) is 5.82 Å². The van der Waals surface area contributed by atoms with Gasteiger partial charge in [0.25, 0.3) is 5.91 Å². The zero-order valence-electron chi connectivity index (χ0n) is 11.3. The van der Waals surface area contributed by atoms with E-state index in [1.165, 1.54) is 6.20 Å². The van der Waals surface area contributed by atoms with Gasteiger partial charge >= 0.3 is 0 Å². The van der Waals surface area contributed by atoms with Crippen LogP contribution in [0, 0.1) is 6.92 Å². The van der Waals surface area contributed by atoms with Gasteiger partial charge < -0.3 is 10.1 Å². The van der Waals surface area contributed by atoms with Crippen molar-refractivity contribution in [1.82, 2.24) is 4.98 Å². The summed E-state index contributed by atoms with van der Waals surface area (Å²) >= 11 is 5.74. The van der Waals surface area contributed by atoms with Crippen LogP contribution in [-0.2, 0) is 4.79 Å². The molecule has 0 bridgehead atoms.